The highest BCUT2D eigenvalue weighted by Gasteiger charge is 2.30. The molecular formula is C32H36N6O. The van der Waals surface area contributed by atoms with Gasteiger partial charge in [-0.1, -0.05) is 18.2 Å². The molecule has 0 bridgehead atoms. The Labute approximate surface area is 229 Å². The number of aryl methyl sites for hydroxylation is 1. The highest BCUT2D eigenvalue weighted by Crippen LogP contribution is 2.47. The summed E-state index contributed by atoms with van der Waals surface area (Å²) in [6.45, 7) is 6.81. The number of piperazine rings is 1. The van der Waals surface area contributed by atoms with E-state index in [0.29, 0.717) is 30.0 Å². The van der Waals surface area contributed by atoms with E-state index >= 15 is 0 Å². The Bertz CT molecular complexity index is 1580. The summed E-state index contributed by atoms with van der Waals surface area (Å²) in [5.74, 6) is 1.79. The monoisotopic (exact) mass is 520 g/mol. The minimum Gasteiger partial charge on any atom is -0.369 e. The molecule has 7 heteroatoms. The number of nitrogens with zero attached hydrogens (tertiary/aromatic N) is 5. The zero-order valence-corrected chi connectivity index (χ0v) is 22.9. The van der Waals surface area contributed by atoms with E-state index in [2.05, 4.69) is 69.6 Å². The van der Waals surface area contributed by atoms with Gasteiger partial charge in [-0.3, -0.25) is 9.36 Å². The van der Waals surface area contributed by atoms with Crippen molar-refractivity contribution in [1.29, 1.82) is 0 Å². The normalized spacial score (nSPS) is 18.1. The molecule has 0 radical (unpaired) electrons. The second kappa shape index (κ2) is 9.79. The van der Waals surface area contributed by atoms with Crippen LogP contribution in [0.15, 0.2) is 59.5 Å². The van der Waals surface area contributed by atoms with Crippen molar-refractivity contribution in [1.82, 2.24) is 19.4 Å². The molecule has 4 aromatic rings. The SMILES string of the molecule is CCn1c(=O)c(-c2ccc(C3CC3)cc2C2CC2)cc2cnc(Nc3ccc(N4CCN(C)CC4)cc3)nc21. The van der Waals surface area contributed by atoms with E-state index in [0.717, 1.165) is 48.4 Å². The topological polar surface area (TPSA) is 66.3 Å². The quantitative estimate of drug-likeness (QED) is 0.336. The van der Waals surface area contributed by atoms with Gasteiger partial charge in [-0.05, 0) is 98.5 Å². The average Bonchev–Trinajstić information content (AvgIpc) is 3.88. The largest absolute Gasteiger partial charge is 0.369 e. The molecule has 1 aliphatic heterocycles. The summed E-state index contributed by atoms with van der Waals surface area (Å²) in [6, 6.07) is 17.2. The summed E-state index contributed by atoms with van der Waals surface area (Å²) in [7, 11) is 2.17. The third-order valence-corrected chi connectivity index (χ3v) is 8.57. The Morgan fingerprint density at radius 2 is 1.64 bits per heavy atom. The number of rotatable bonds is 7. The standard InChI is InChI=1S/C32H36N6O/c1-3-38-30-24(19-29(31(38)39)27-13-8-23(21-4-5-21)18-28(27)22-6-7-22)20-33-32(35-30)34-25-9-11-26(12-10-25)37-16-14-36(2)15-17-37/h8-13,18-22H,3-7,14-17H2,1-2H3,(H,33,34,35). The van der Waals surface area contributed by atoms with Crippen LogP contribution in [-0.2, 0) is 6.54 Å². The fourth-order valence-corrected chi connectivity index (χ4v) is 5.88. The molecular weight excluding hydrogens is 484 g/mol. The molecule has 2 aliphatic carbocycles. The predicted octanol–water partition coefficient (Wildman–Crippen LogP) is 5.73. The van der Waals surface area contributed by atoms with Crippen molar-refractivity contribution < 1.29 is 0 Å². The second-order valence-electron chi connectivity index (χ2n) is 11.4. The molecule has 1 N–H and O–H groups in total. The summed E-state index contributed by atoms with van der Waals surface area (Å²) in [5.41, 5.74) is 7.48. The summed E-state index contributed by atoms with van der Waals surface area (Å²) >= 11 is 0. The summed E-state index contributed by atoms with van der Waals surface area (Å²) in [6.07, 6.45) is 6.84. The molecule has 2 saturated carbocycles. The molecule has 3 aliphatic rings. The number of nitrogens with one attached hydrogen (secondary N) is 1. The number of likely N-dealkylation sites (N-methyl/N-ethyl adjacent to an activating group) is 1. The molecule has 0 amide bonds. The van der Waals surface area contributed by atoms with Gasteiger partial charge in [0.25, 0.3) is 5.56 Å². The average molecular weight is 521 g/mol. The maximum absolute atomic E-state index is 13.8. The molecule has 2 aromatic carbocycles. The molecule has 0 spiro atoms. The lowest BCUT2D eigenvalue weighted by atomic mass is 9.93. The molecule has 2 aromatic heterocycles. The number of benzene rings is 2. The molecule has 200 valence electrons. The fourth-order valence-electron chi connectivity index (χ4n) is 5.88. The van der Waals surface area contributed by atoms with Gasteiger partial charge in [0.2, 0.25) is 5.95 Å². The third kappa shape index (κ3) is 4.80. The smallest absolute Gasteiger partial charge is 0.260 e. The van der Waals surface area contributed by atoms with E-state index in [4.69, 9.17) is 4.98 Å². The number of aromatic nitrogens is 3. The minimum absolute atomic E-state index is 0.0206. The number of pyridine rings is 1. The van der Waals surface area contributed by atoms with Crippen LogP contribution in [0.5, 0.6) is 0 Å². The van der Waals surface area contributed by atoms with Gasteiger partial charge in [0.05, 0.1) is 0 Å². The predicted molar refractivity (Wildman–Crippen MR) is 158 cm³/mol. The van der Waals surface area contributed by atoms with Gasteiger partial charge in [-0.15, -0.1) is 0 Å². The van der Waals surface area contributed by atoms with Gasteiger partial charge in [0.15, 0.2) is 0 Å². The van der Waals surface area contributed by atoms with Crippen molar-refractivity contribution in [2.75, 3.05) is 43.4 Å². The van der Waals surface area contributed by atoms with Crippen molar-refractivity contribution in [3.05, 3.63) is 76.2 Å². The van der Waals surface area contributed by atoms with Crippen LogP contribution in [0, 0.1) is 0 Å². The maximum Gasteiger partial charge on any atom is 0.260 e. The Morgan fingerprint density at radius 1 is 0.897 bits per heavy atom. The van der Waals surface area contributed by atoms with Crippen LogP contribution >= 0.6 is 0 Å². The zero-order valence-electron chi connectivity index (χ0n) is 22.9. The van der Waals surface area contributed by atoms with E-state index < -0.39 is 0 Å². The van der Waals surface area contributed by atoms with E-state index in [1.54, 1.807) is 4.57 Å². The highest BCUT2D eigenvalue weighted by molar-refractivity contribution is 5.83. The number of hydrogen-bond donors (Lipinski definition) is 1. The van der Waals surface area contributed by atoms with Crippen molar-refractivity contribution in [2.45, 2.75) is 51.0 Å². The lowest BCUT2D eigenvalue weighted by Crippen LogP contribution is -2.44. The summed E-state index contributed by atoms with van der Waals surface area (Å²) < 4.78 is 1.79. The first-order valence-electron chi connectivity index (χ1n) is 14.4. The van der Waals surface area contributed by atoms with Crippen LogP contribution in [-0.4, -0.2) is 52.7 Å². The molecule has 3 heterocycles. The molecule has 39 heavy (non-hydrogen) atoms. The highest BCUT2D eigenvalue weighted by atomic mass is 16.1. The van der Waals surface area contributed by atoms with Gasteiger partial charge in [-0.25, -0.2) is 4.98 Å². The van der Waals surface area contributed by atoms with Crippen LogP contribution < -0.4 is 15.8 Å². The first kappa shape index (κ1) is 24.3. The van der Waals surface area contributed by atoms with Crippen LogP contribution in [0.3, 0.4) is 0 Å². The second-order valence-corrected chi connectivity index (χ2v) is 11.4. The lowest BCUT2D eigenvalue weighted by Gasteiger charge is -2.34. The van der Waals surface area contributed by atoms with Crippen molar-refractivity contribution in [3.8, 4) is 11.1 Å². The van der Waals surface area contributed by atoms with Gasteiger partial charge >= 0.3 is 0 Å². The molecule has 0 atom stereocenters. The summed E-state index contributed by atoms with van der Waals surface area (Å²) in [4.78, 5) is 28.0. The number of fused-ring (bicyclic) bond motifs is 1. The number of anilines is 3. The van der Waals surface area contributed by atoms with E-state index in [-0.39, 0.29) is 5.56 Å². The van der Waals surface area contributed by atoms with Crippen LogP contribution in [0.1, 0.15) is 55.6 Å². The Morgan fingerprint density at radius 3 is 2.33 bits per heavy atom. The first-order valence-corrected chi connectivity index (χ1v) is 14.4. The Hall–Kier alpha value is -3.71. The van der Waals surface area contributed by atoms with E-state index in [1.807, 2.05) is 19.2 Å². The molecule has 1 saturated heterocycles. The Balaban J connectivity index is 1.19. The Kier molecular flexibility index (Phi) is 6.11. The fraction of sp³-hybridized carbons (Fsp3) is 0.406. The zero-order chi connectivity index (χ0) is 26.5. The lowest BCUT2D eigenvalue weighted by molar-refractivity contribution is 0.313. The van der Waals surface area contributed by atoms with Gasteiger partial charge < -0.3 is 15.1 Å². The number of hydrogen-bond acceptors (Lipinski definition) is 6. The first-order chi connectivity index (χ1) is 19.1. The van der Waals surface area contributed by atoms with Crippen LogP contribution in [0.4, 0.5) is 17.3 Å². The molecule has 0 unspecified atom stereocenters. The van der Waals surface area contributed by atoms with E-state index in [1.165, 1.54) is 42.5 Å². The van der Waals surface area contributed by atoms with Gasteiger partial charge in [-0.2, -0.15) is 4.98 Å². The van der Waals surface area contributed by atoms with Crippen molar-refractivity contribution >= 4 is 28.4 Å². The third-order valence-electron chi connectivity index (χ3n) is 8.57. The summed E-state index contributed by atoms with van der Waals surface area (Å²) in [5, 5.41) is 4.23. The van der Waals surface area contributed by atoms with Crippen molar-refractivity contribution in [2.24, 2.45) is 0 Å². The maximum atomic E-state index is 13.8. The van der Waals surface area contributed by atoms with Crippen molar-refractivity contribution in [3.63, 3.8) is 0 Å². The molecule has 7 nitrogen and oxygen atoms in total. The van der Waals surface area contributed by atoms with Gasteiger partial charge in [0.1, 0.15) is 5.65 Å². The molecule has 3 fully saturated rings. The van der Waals surface area contributed by atoms with Gasteiger partial charge in [0, 0.05) is 61.2 Å². The van der Waals surface area contributed by atoms with E-state index in [9.17, 15) is 4.79 Å². The molecule has 7 rings (SSSR count). The van der Waals surface area contributed by atoms with Crippen LogP contribution in [0.25, 0.3) is 22.2 Å². The minimum atomic E-state index is 0.0206. The van der Waals surface area contributed by atoms with Crippen LogP contribution in [0.2, 0.25) is 0 Å².